The van der Waals surface area contributed by atoms with Gasteiger partial charge in [0, 0.05) is 50.5 Å². The molecule has 6 rings (SSSR count). The van der Waals surface area contributed by atoms with Gasteiger partial charge < -0.3 is 35.6 Å². The lowest BCUT2D eigenvalue weighted by atomic mass is 9.98. The first-order chi connectivity index (χ1) is 22.8. The fourth-order valence-electron chi connectivity index (χ4n) is 7.33. The molecule has 11 nitrogen and oxygen atoms in total. The second-order valence-electron chi connectivity index (χ2n) is 12.9. The molecule has 6 amide bonds. The van der Waals surface area contributed by atoms with E-state index in [1.54, 1.807) is 14.7 Å². The Morgan fingerprint density at radius 1 is 0.809 bits per heavy atom. The van der Waals surface area contributed by atoms with Crippen LogP contribution in [0.3, 0.4) is 0 Å². The molecule has 47 heavy (non-hydrogen) atoms. The van der Waals surface area contributed by atoms with Gasteiger partial charge in [0.05, 0.1) is 6.42 Å². The van der Waals surface area contributed by atoms with Crippen molar-refractivity contribution in [1.82, 2.24) is 24.9 Å². The highest BCUT2D eigenvalue weighted by Gasteiger charge is 2.36. The Kier molecular flexibility index (Phi) is 10.2. The molecule has 1 atom stereocenters. The minimum atomic E-state index is -1.22. The van der Waals surface area contributed by atoms with Crippen LogP contribution in [-0.4, -0.2) is 101 Å². The molecule has 4 aliphatic heterocycles. The number of carbonyl (C=O) groups excluding carboxylic acids is 4. The lowest BCUT2D eigenvalue weighted by Gasteiger charge is -2.41. The lowest BCUT2D eigenvalue weighted by Crippen LogP contribution is -2.56. The molecule has 0 saturated carbocycles. The molecule has 0 aromatic heterocycles. The van der Waals surface area contributed by atoms with Gasteiger partial charge in [0.1, 0.15) is 23.4 Å². The largest absolute Gasteiger partial charge is 0.342 e. The normalized spacial score (nSPS) is 20.3. The molecule has 0 unspecified atom stereocenters. The van der Waals surface area contributed by atoms with Gasteiger partial charge in [0.2, 0.25) is 11.8 Å². The highest BCUT2D eigenvalue weighted by atomic mass is 19.1. The smallest absolute Gasteiger partial charge is 0.322 e. The molecule has 2 aromatic carbocycles. The van der Waals surface area contributed by atoms with E-state index in [0.717, 1.165) is 49.3 Å². The summed E-state index contributed by atoms with van der Waals surface area (Å²) >= 11 is 0. The maximum atomic E-state index is 14.3. The Hall–Kier alpha value is -4.26. The number of anilines is 2. The van der Waals surface area contributed by atoms with Crippen LogP contribution in [0.1, 0.15) is 56.9 Å². The number of benzene rings is 2. The van der Waals surface area contributed by atoms with Gasteiger partial charge in [-0.2, -0.15) is 0 Å². The molecule has 252 valence electrons. The average Bonchev–Trinajstić information content (AvgIpc) is 3.09. The van der Waals surface area contributed by atoms with Gasteiger partial charge in [0.25, 0.3) is 0 Å². The molecular weight excluding hydrogens is 608 g/mol. The number of urea groups is 2. The van der Waals surface area contributed by atoms with Gasteiger partial charge in [0.15, 0.2) is 0 Å². The maximum absolute atomic E-state index is 14.3. The van der Waals surface area contributed by atoms with Crippen molar-refractivity contribution in [3.63, 3.8) is 0 Å². The molecule has 0 bridgehead atoms. The number of nitrogens with zero attached hydrogens (tertiary/aromatic N) is 4. The summed E-state index contributed by atoms with van der Waals surface area (Å²) < 4.78 is 28.5. The molecule has 0 spiro atoms. The molecule has 3 fully saturated rings. The Morgan fingerprint density at radius 3 is 2.15 bits per heavy atom. The van der Waals surface area contributed by atoms with Crippen LogP contribution in [0.25, 0.3) is 0 Å². The zero-order chi connectivity index (χ0) is 32.9. The number of carbonyl (C=O) groups is 4. The van der Waals surface area contributed by atoms with Gasteiger partial charge in [-0.05, 0) is 75.4 Å². The number of hydrogen-bond donors (Lipinski definition) is 3. The maximum Gasteiger partial charge on any atom is 0.322 e. The van der Waals surface area contributed by atoms with E-state index in [1.165, 1.54) is 25.3 Å². The number of para-hydroxylation sites is 2. The van der Waals surface area contributed by atoms with Gasteiger partial charge >= 0.3 is 12.1 Å². The van der Waals surface area contributed by atoms with E-state index in [0.29, 0.717) is 51.6 Å². The third-order valence-electron chi connectivity index (χ3n) is 9.99. The van der Waals surface area contributed by atoms with E-state index in [2.05, 4.69) is 20.9 Å². The van der Waals surface area contributed by atoms with E-state index in [9.17, 15) is 28.0 Å². The summed E-state index contributed by atoms with van der Waals surface area (Å²) in [5.41, 5.74) is 1.21. The van der Waals surface area contributed by atoms with Crippen LogP contribution in [0.4, 0.5) is 29.7 Å². The summed E-state index contributed by atoms with van der Waals surface area (Å²) in [5.74, 6) is -2.60. The fourth-order valence-corrected chi connectivity index (χ4v) is 7.33. The monoisotopic (exact) mass is 651 g/mol. The van der Waals surface area contributed by atoms with E-state index in [1.807, 2.05) is 24.3 Å². The van der Waals surface area contributed by atoms with Crippen molar-refractivity contribution in [2.75, 3.05) is 49.9 Å². The van der Waals surface area contributed by atoms with E-state index in [-0.39, 0.29) is 24.4 Å². The topological polar surface area (TPSA) is 117 Å². The van der Waals surface area contributed by atoms with Crippen molar-refractivity contribution in [2.45, 2.75) is 76.0 Å². The quantitative estimate of drug-likeness (QED) is 0.412. The van der Waals surface area contributed by atoms with Crippen LogP contribution in [0.15, 0.2) is 42.5 Å². The summed E-state index contributed by atoms with van der Waals surface area (Å²) in [4.78, 5) is 60.8. The number of fused-ring (bicyclic) bond motifs is 1. The molecule has 2 aromatic rings. The Balaban J connectivity index is 1.08. The summed E-state index contributed by atoms with van der Waals surface area (Å²) in [6.07, 6.45) is 6.08. The molecule has 4 heterocycles. The molecule has 0 radical (unpaired) electrons. The standard InChI is InChI=1S/C34H43F2N7O4/c35-26-8-6-9-27(36)31(26)39-33(46)37-29(32(45)42-19-11-24(12-20-42)40-15-4-1-5-16-40)21-30(44)41-17-13-25(14-18-41)43-22-23-7-2-3-10-28(23)38-34(43)47/h2-3,6-10,24-25,29H,1,4-5,11-22H2,(H,38,47)(H2,37,39,46)/t29-/m0/s1. The first kappa shape index (κ1) is 32.7. The van der Waals surface area contributed by atoms with Gasteiger partial charge in [-0.3, -0.25) is 9.59 Å². The number of likely N-dealkylation sites (tertiary alicyclic amines) is 3. The summed E-state index contributed by atoms with van der Waals surface area (Å²) in [5, 5.41) is 7.66. The molecule has 13 heteroatoms. The molecule has 4 aliphatic rings. The number of hydrogen-bond acceptors (Lipinski definition) is 5. The van der Waals surface area contributed by atoms with Crippen LogP contribution < -0.4 is 16.0 Å². The van der Waals surface area contributed by atoms with Crippen LogP contribution in [0.2, 0.25) is 0 Å². The fraction of sp³-hybridized carbons (Fsp3) is 0.529. The van der Waals surface area contributed by atoms with Crippen molar-refractivity contribution in [2.24, 2.45) is 0 Å². The van der Waals surface area contributed by atoms with Crippen molar-refractivity contribution in [3.05, 3.63) is 59.7 Å². The first-order valence-electron chi connectivity index (χ1n) is 16.7. The van der Waals surface area contributed by atoms with Crippen molar-refractivity contribution in [3.8, 4) is 0 Å². The number of halogens is 2. The number of rotatable bonds is 7. The van der Waals surface area contributed by atoms with Gasteiger partial charge in [-0.25, -0.2) is 18.4 Å². The zero-order valence-electron chi connectivity index (χ0n) is 26.6. The molecule has 0 aliphatic carbocycles. The second kappa shape index (κ2) is 14.7. The highest BCUT2D eigenvalue weighted by Crippen LogP contribution is 2.28. The summed E-state index contributed by atoms with van der Waals surface area (Å²) in [6, 6.07) is 8.90. The molecule has 3 saturated heterocycles. The molecular formula is C34H43F2N7O4. The van der Waals surface area contributed by atoms with Crippen LogP contribution in [0, 0.1) is 11.6 Å². The van der Waals surface area contributed by atoms with Crippen molar-refractivity contribution < 1.29 is 28.0 Å². The van der Waals surface area contributed by atoms with Crippen LogP contribution in [0.5, 0.6) is 0 Å². The average molecular weight is 652 g/mol. The van der Waals surface area contributed by atoms with Gasteiger partial charge in [-0.15, -0.1) is 0 Å². The van der Waals surface area contributed by atoms with Crippen LogP contribution in [-0.2, 0) is 16.1 Å². The number of piperidine rings is 3. The molecule has 3 N–H and O–H groups in total. The third kappa shape index (κ3) is 7.66. The van der Waals surface area contributed by atoms with Crippen molar-refractivity contribution in [1.29, 1.82) is 0 Å². The summed E-state index contributed by atoms with van der Waals surface area (Å²) in [6.45, 7) is 4.42. The zero-order valence-corrected chi connectivity index (χ0v) is 26.6. The highest BCUT2D eigenvalue weighted by molar-refractivity contribution is 5.96. The Labute approximate surface area is 273 Å². The van der Waals surface area contributed by atoms with E-state index >= 15 is 0 Å². The second-order valence-corrected chi connectivity index (χ2v) is 12.9. The first-order valence-corrected chi connectivity index (χ1v) is 16.7. The predicted octanol–water partition coefficient (Wildman–Crippen LogP) is 4.36. The lowest BCUT2D eigenvalue weighted by molar-refractivity contribution is -0.140. The minimum Gasteiger partial charge on any atom is -0.342 e. The number of nitrogens with one attached hydrogen (secondary N) is 3. The Morgan fingerprint density at radius 2 is 1.45 bits per heavy atom. The third-order valence-corrected chi connectivity index (χ3v) is 9.99. The number of amides is 6. The van der Waals surface area contributed by atoms with Crippen molar-refractivity contribution >= 4 is 35.3 Å². The van der Waals surface area contributed by atoms with Gasteiger partial charge in [-0.1, -0.05) is 30.7 Å². The predicted molar refractivity (Wildman–Crippen MR) is 173 cm³/mol. The van der Waals surface area contributed by atoms with E-state index < -0.39 is 35.3 Å². The summed E-state index contributed by atoms with van der Waals surface area (Å²) in [7, 11) is 0. The van der Waals surface area contributed by atoms with E-state index in [4.69, 9.17) is 0 Å². The Bertz CT molecular complexity index is 1450. The minimum absolute atomic E-state index is 0.0504. The SMILES string of the molecule is O=C(Nc1c(F)cccc1F)N[C@@H](CC(=O)N1CCC(N2Cc3ccccc3NC2=O)CC1)C(=O)N1CCC(N2CCCCC2)CC1. The van der Waals surface area contributed by atoms with Crippen LogP contribution >= 0.6 is 0 Å².